The van der Waals surface area contributed by atoms with E-state index in [0.29, 0.717) is 5.56 Å². The number of halogens is 2. The Morgan fingerprint density at radius 1 is 1.06 bits per heavy atom. The van der Waals surface area contributed by atoms with E-state index < -0.39 is 5.82 Å². The van der Waals surface area contributed by atoms with Crippen LogP contribution in [0.3, 0.4) is 0 Å². The van der Waals surface area contributed by atoms with E-state index in [2.05, 4.69) is 0 Å². The fourth-order valence-corrected chi connectivity index (χ4v) is 1.62. The van der Waals surface area contributed by atoms with Crippen molar-refractivity contribution >= 4 is 17.4 Å². The highest BCUT2D eigenvalue weighted by molar-refractivity contribution is 6.34. The minimum absolute atomic E-state index is 0.188. The lowest BCUT2D eigenvalue weighted by molar-refractivity contribution is 0.103. The molecule has 0 aromatic heterocycles. The van der Waals surface area contributed by atoms with Crippen LogP contribution in [0.25, 0.3) is 0 Å². The molecule has 0 amide bonds. The molecule has 0 aliphatic heterocycles. The van der Waals surface area contributed by atoms with Crippen LogP contribution in [0.5, 0.6) is 0 Å². The summed E-state index contributed by atoms with van der Waals surface area (Å²) >= 11 is 5.85. The van der Waals surface area contributed by atoms with E-state index in [1.54, 1.807) is 24.3 Å². The van der Waals surface area contributed by atoms with Gasteiger partial charge in [-0.25, -0.2) is 4.39 Å². The van der Waals surface area contributed by atoms with Crippen molar-refractivity contribution in [2.24, 2.45) is 0 Å². The average molecular weight is 235 g/mol. The van der Waals surface area contributed by atoms with Gasteiger partial charge in [-0.1, -0.05) is 41.9 Å². The minimum atomic E-state index is -0.469. The third-order valence-corrected chi connectivity index (χ3v) is 2.54. The predicted octanol–water partition coefficient (Wildman–Crippen LogP) is 3.71. The average Bonchev–Trinajstić information content (AvgIpc) is 2.32. The van der Waals surface area contributed by atoms with E-state index in [1.165, 1.54) is 12.1 Å². The molecule has 2 rings (SSSR count). The minimum Gasteiger partial charge on any atom is -0.289 e. The standard InChI is InChI=1S/C13H8ClFO/c14-12-7-6-10(15)8-11(12)13(16)9-4-2-1-3-5-9/h1-8H. The molecule has 0 bridgehead atoms. The van der Waals surface area contributed by atoms with Crippen LogP contribution < -0.4 is 0 Å². The smallest absolute Gasteiger partial charge is 0.194 e. The zero-order valence-electron chi connectivity index (χ0n) is 8.28. The summed E-state index contributed by atoms with van der Waals surface area (Å²) in [4.78, 5) is 12.0. The summed E-state index contributed by atoms with van der Waals surface area (Å²) in [6.07, 6.45) is 0. The van der Waals surface area contributed by atoms with Gasteiger partial charge in [-0.05, 0) is 18.2 Å². The molecule has 3 heteroatoms. The zero-order chi connectivity index (χ0) is 11.5. The fraction of sp³-hybridized carbons (Fsp3) is 0. The summed E-state index contributed by atoms with van der Waals surface area (Å²) in [7, 11) is 0. The van der Waals surface area contributed by atoms with Crippen LogP contribution in [-0.4, -0.2) is 5.78 Å². The van der Waals surface area contributed by atoms with Crippen molar-refractivity contribution in [1.29, 1.82) is 0 Å². The molecular weight excluding hydrogens is 227 g/mol. The molecule has 1 nitrogen and oxygen atoms in total. The van der Waals surface area contributed by atoms with E-state index in [-0.39, 0.29) is 16.4 Å². The summed E-state index contributed by atoms with van der Waals surface area (Å²) in [5.41, 5.74) is 0.683. The Balaban J connectivity index is 2.46. The van der Waals surface area contributed by atoms with Gasteiger partial charge in [0.1, 0.15) is 5.82 Å². The molecule has 80 valence electrons. The Bertz CT molecular complexity index is 523. The Morgan fingerprint density at radius 2 is 1.75 bits per heavy atom. The molecule has 0 atom stereocenters. The Morgan fingerprint density at radius 3 is 2.44 bits per heavy atom. The van der Waals surface area contributed by atoms with Gasteiger partial charge >= 0.3 is 0 Å². The number of carbonyl (C=O) groups excluding carboxylic acids is 1. The monoisotopic (exact) mass is 234 g/mol. The summed E-state index contributed by atoms with van der Waals surface area (Å²) in [6.45, 7) is 0. The SMILES string of the molecule is O=C(c1ccccc1)c1cc(F)ccc1Cl. The largest absolute Gasteiger partial charge is 0.289 e. The second kappa shape index (κ2) is 4.45. The maximum atomic E-state index is 13.0. The van der Waals surface area contributed by atoms with E-state index in [0.717, 1.165) is 6.07 Å². The maximum Gasteiger partial charge on any atom is 0.194 e. The normalized spacial score (nSPS) is 10.1. The lowest BCUT2D eigenvalue weighted by Crippen LogP contribution is -2.02. The number of rotatable bonds is 2. The Kier molecular flexibility index (Phi) is 3.02. The van der Waals surface area contributed by atoms with Gasteiger partial charge in [-0.2, -0.15) is 0 Å². The molecule has 0 unspecified atom stereocenters. The third kappa shape index (κ3) is 2.12. The Labute approximate surface area is 97.5 Å². The number of hydrogen-bond donors (Lipinski definition) is 0. The van der Waals surface area contributed by atoms with E-state index in [4.69, 9.17) is 11.6 Å². The molecule has 2 aromatic rings. The van der Waals surface area contributed by atoms with Crippen molar-refractivity contribution in [3.8, 4) is 0 Å². The Hall–Kier alpha value is -1.67. The van der Waals surface area contributed by atoms with Crippen LogP contribution in [-0.2, 0) is 0 Å². The number of ketones is 1. The van der Waals surface area contributed by atoms with Crippen LogP contribution in [0.2, 0.25) is 5.02 Å². The van der Waals surface area contributed by atoms with Gasteiger partial charge in [0.15, 0.2) is 5.78 Å². The van der Waals surface area contributed by atoms with Gasteiger partial charge < -0.3 is 0 Å². The fourth-order valence-electron chi connectivity index (χ4n) is 1.42. The second-order valence-electron chi connectivity index (χ2n) is 3.32. The van der Waals surface area contributed by atoms with Gasteiger partial charge in [-0.3, -0.25) is 4.79 Å². The third-order valence-electron chi connectivity index (χ3n) is 2.21. The molecule has 0 heterocycles. The summed E-state index contributed by atoms with van der Waals surface area (Å²) in [6, 6.07) is 12.4. The number of benzene rings is 2. The van der Waals surface area contributed by atoms with Crippen LogP contribution in [0, 0.1) is 5.82 Å². The van der Waals surface area contributed by atoms with Gasteiger partial charge in [-0.15, -0.1) is 0 Å². The first-order valence-electron chi connectivity index (χ1n) is 4.73. The highest BCUT2D eigenvalue weighted by Crippen LogP contribution is 2.20. The van der Waals surface area contributed by atoms with Crippen molar-refractivity contribution in [3.63, 3.8) is 0 Å². The first kappa shape index (κ1) is 10.8. The van der Waals surface area contributed by atoms with Crippen molar-refractivity contribution in [3.05, 3.63) is 70.5 Å². The van der Waals surface area contributed by atoms with Crippen molar-refractivity contribution in [2.75, 3.05) is 0 Å². The molecule has 0 saturated heterocycles. The molecule has 16 heavy (non-hydrogen) atoms. The highest BCUT2D eigenvalue weighted by atomic mass is 35.5. The topological polar surface area (TPSA) is 17.1 Å². The number of hydrogen-bond acceptors (Lipinski definition) is 1. The molecule has 0 fully saturated rings. The first-order chi connectivity index (χ1) is 7.68. The van der Waals surface area contributed by atoms with Crippen LogP contribution in [0.15, 0.2) is 48.5 Å². The molecule has 0 radical (unpaired) electrons. The molecule has 0 aliphatic rings. The molecule has 0 spiro atoms. The summed E-state index contributed by atoms with van der Waals surface area (Å²) in [5.74, 6) is -0.742. The molecular formula is C13H8ClFO. The van der Waals surface area contributed by atoms with E-state index in [9.17, 15) is 9.18 Å². The van der Waals surface area contributed by atoms with Gasteiger partial charge in [0, 0.05) is 11.1 Å². The van der Waals surface area contributed by atoms with E-state index in [1.807, 2.05) is 6.07 Å². The maximum absolute atomic E-state index is 13.0. The summed E-state index contributed by atoms with van der Waals surface area (Å²) < 4.78 is 13.0. The van der Waals surface area contributed by atoms with E-state index >= 15 is 0 Å². The van der Waals surface area contributed by atoms with Gasteiger partial charge in [0.25, 0.3) is 0 Å². The first-order valence-corrected chi connectivity index (χ1v) is 5.11. The number of carbonyl (C=O) groups is 1. The van der Waals surface area contributed by atoms with Crippen LogP contribution in [0.4, 0.5) is 4.39 Å². The molecule has 0 N–H and O–H groups in total. The zero-order valence-corrected chi connectivity index (χ0v) is 9.04. The summed E-state index contributed by atoms with van der Waals surface area (Å²) in [5, 5.41) is 0.259. The lowest BCUT2D eigenvalue weighted by atomic mass is 10.0. The van der Waals surface area contributed by atoms with Crippen molar-refractivity contribution < 1.29 is 9.18 Å². The van der Waals surface area contributed by atoms with Crippen LogP contribution >= 0.6 is 11.6 Å². The second-order valence-corrected chi connectivity index (χ2v) is 3.73. The molecule has 2 aromatic carbocycles. The van der Waals surface area contributed by atoms with Crippen LogP contribution in [0.1, 0.15) is 15.9 Å². The molecule has 0 saturated carbocycles. The quantitative estimate of drug-likeness (QED) is 0.724. The van der Waals surface area contributed by atoms with Gasteiger partial charge in [0.05, 0.1) is 5.02 Å². The highest BCUT2D eigenvalue weighted by Gasteiger charge is 2.13. The van der Waals surface area contributed by atoms with Gasteiger partial charge in [0.2, 0.25) is 0 Å². The molecule has 0 aliphatic carbocycles. The van der Waals surface area contributed by atoms with Crippen molar-refractivity contribution in [2.45, 2.75) is 0 Å². The predicted molar refractivity (Wildman–Crippen MR) is 61.3 cm³/mol. The lowest BCUT2D eigenvalue weighted by Gasteiger charge is -2.03. The van der Waals surface area contributed by atoms with Crippen molar-refractivity contribution in [1.82, 2.24) is 0 Å².